The third-order valence-corrected chi connectivity index (χ3v) is 4.52. The van der Waals surface area contributed by atoms with Crippen molar-refractivity contribution in [1.82, 2.24) is 20.3 Å². The Morgan fingerprint density at radius 1 is 1.26 bits per heavy atom. The molecule has 0 saturated heterocycles. The number of aryl methyl sites for hydroxylation is 2. The van der Waals surface area contributed by atoms with Gasteiger partial charge in [-0.3, -0.25) is 0 Å². The molecule has 0 atom stereocenters. The monoisotopic (exact) mass is 475 g/mol. The summed E-state index contributed by atoms with van der Waals surface area (Å²) < 4.78 is 24.4. The Bertz CT molecular complexity index is 602. The minimum atomic E-state index is -3.11. The van der Waals surface area contributed by atoms with E-state index in [-0.39, 0.29) is 24.0 Å². The van der Waals surface area contributed by atoms with Gasteiger partial charge in [-0.15, -0.1) is 35.3 Å². The van der Waals surface area contributed by atoms with Crippen LogP contribution in [0.25, 0.3) is 0 Å². The molecule has 1 heterocycles. The largest absolute Gasteiger partial charge is 0.357 e. The predicted molar refractivity (Wildman–Crippen MR) is 107 cm³/mol. The van der Waals surface area contributed by atoms with Gasteiger partial charge >= 0.3 is 0 Å². The summed E-state index contributed by atoms with van der Waals surface area (Å²) in [5.74, 6) is 0.729. The molecule has 23 heavy (non-hydrogen) atoms. The maximum Gasteiger partial charge on any atom is 0.208 e. The molecule has 0 spiro atoms. The molecule has 1 aromatic heterocycles. The van der Waals surface area contributed by atoms with E-state index in [2.05, 4.69) is 25.3 Å². The molecule has 0 aliphatic rings. The van der Waals surface area contributed by atoms with E-state index in [4.69, 9.17) is 0 Å². The number of rotatable bonds is 8. The van der Waals surface area contributed by atoms with Crippen LogP contribution in [0.1, 0.15) is 28.9 Å². The van der Waals surface area contributed by atoms with Crippen LogP contribution in [0.3, 0.4) is 0 Å². The van der Waals surface area contributed by atoms with Crippen molar-refractivity contribution in [2.24, 2.45) is 4.99 Å². The zero-order valence-electron chi connectivity index (χ0n) is 14.0. The van der Waals surface area contributed by atoms with Gasteiger partial charge < -0.3 is 10.6 Å². The van der Waals surface area contributed by atoms with Crippen molar-refractivity contribution in [3.63, 3.8) is 0 Å². The van der Waals surface area contributed by atoms with E-state index in [9.17, 15) is 8.42 Å². The number of hydrogen-bond donors (Lipinski definition) is 3. The summed E-state index contributed by atoms with van der Waals surface area (Å²) in [6.45, 7) is 8.41. The molecule has 7 nitrogen and oxygen atoms in total. The molecule has 0 amide bonds. The van der Waals surface area contributed by atoms with E-state index in [0.717, 1.165) is 34.3 Å². The highest BCUT2D eigenvalue weighted by Gasteiger charge is 2.05. The van der Waals surface area contributed by atoms with E-state index >= 15 is 0 Å². The average Bonchev–Trinajstić information content (AvgIpc) is 2.72. The number of guanidine groups is 1. The fraction of sp³-hybridized carbons (Fsp3) is 0.692. The topological polar surface area (TPSA) is 95.5 Å². The van der Waals surface area contributed by atoms with Crippen molar-refractivity contribution in [2.75, 3.05) is 25.9 Å². The molecular formula is C13H26IN5O2S2. The predicted octanol–water partition coefficient (Wildman–Crippen LogP) is 1.37. The van der Waals surface area contributed by atoms with Gasteiger partial charge in [-0.25, -0.2) is 23.1 Å². The summed E-state index contributed by atoms with van der Waals surface area (Å²) in [6.07, 6.45) is 1.85. The van der Waals surface area contributed by atoms with Crippen molar-refractivity contribution in [2.45, 2.75) is 33.7 Å². The molecule has 0 saturated carbocycles. The van der Waals surface area contributed by atoms with Crippen LogP contribution >= 0.6 is 35.3 Å². The van der Waals surface area contributed by atoms with Crippen LogP contribution in [-0.2, 0) is 16.6 Å². The maximum absolute atomic E-state index is 11.0. The summed E-state index contributed by atoms with van der Waals surface area (Å²) in [7, 11) is -3.11. The fourth-order valence-corrected chi connectivity index (χ4v) is 3.14. The van der Waals surface area contributed by atoms with Gasteiger partial charge in [0.2, 0.25) is 10.0 Å². The number of sulfonamides is 1. The van der Waals surface area contributed by atoms with E-state index in [0.29, 0.717) is 26.1 Å². The molecule has 134 valence electrons. The molecule has 0 bridgehead atoms. The van der Waals surface area contributed by atoms with Crippen molar-refractivity contribution in [3.8, 4) is 0 Å². The molecule has 0 aromatic carbocycles. The summed E-state index contributed by atoms with van der Waals surface area (Å²) in [5.41, 5.74) is 1.03. The van der Waals surface area contributed by atoms with Gasteiger partial charge in [0.1, 0.15) is 0 Å². The van der Waals surface area contributed by atoms with Crippen LogP contribution in [0.2, 0.25) is 0 Å². The van der Waals surface area contributed by atoms with Crippen LogP contribution in [0.5, 0.6) is 0 Å². The highest BCUT2D eigenvalue weighted by molar-refractivity contribution is 14.0. The SMILES string of the molecule is CCNC(=NCc1sc(C)nc1C)NCCCNS(C)(=O)=O.I. The zero-order chi connectivity index (χ0) is 16.6. The van der Waals surface area contributed by atoms with Gasteiger partial charge in [0, 0.05) is 24.5 Å². The number of aromatic nitrogens is 1. The van der Waals surface area contributed by atoms with E-state index in [1.165, 1.54) is 0 Å². The molecule has 1 rings (SSSR count). The summed E-state index contributed by atoms with van der Waals surface area (Å²) in [6, 6.07) is 0. The third kappa shape index (κ3) is 10.1. The highest BCUT2D eigenvalue weighted by Crippen LogP contribution is 2.17. The summed E-state index contributed by atoms with van der Waals surface area (Å²) in [4.78, 5) is 10.1. The number of thiazole rings is 1. The van der Waals surface area contributed by atoms with Crippen LogP contribution in [-0.4, -0.2) is 45.3 Å². The Labute approximate surface area is 159 Å². The first-order valence-corrected chi connectivity index (χ1v) is 9.92. The molecule has 3 N–H and O–H groups in total. The first-order valence-electron chi connectivity index (χ1n) is 7.21. The number of halogens is 1. The smallest absolute Gasteiger partial charge is 0.208 e. The first-order chi connectivity index (χ1) is 10.3. The van der Waals surface area contributed by atoms with Crippen LogP contribution in [0.4, 0.5) is 0 Å². The number of nitrogens with zero attached hydrogens (tertiary/aromatic N) is 2. The minimum Gasteiger partial charge on any atom is -0.357 e. The second-order valence-corrected chi connectivity index (χ2v) is 8.00. The molecule has 0 unspecified atom stereocenters. The van der Waals surface area contributed by atoms with Gasteiger partial charge in [-0.1, -0.05) is 0 Å². The Morgan fingerprint density at radius 2 is 1.96 bits per heavy atom. The molecule has 0 aliphatic carbocycles. The van der Waals surface area contributed by atoms with Gasteiger partial charge in [0.15, 0.2) is 5.96 Å². The van der Waals surface area contributed by atoms with Crippen molar-refractivity contribution < 1.29 is 8.42 Å². The highest BCUT2D eigenvalue weighted by atomic mass is 127. The van der Waals surface area contributed by atoms with Gasteiger partial charge in [-0.2, -0.15) is 0 Å². The second kappa shape index (κ2) is 11.2. The Morgan fingerprint density at radius 3 is 2.48 bits per heavy atom. The fourth-order valence-electron chi connectivity index (χ4n) is 1.77. The van der Waals surface area contributed by atoms with Crippen molar-refractivity contribution >= 4 is 51.3 Å². The lowest BCUT2D eigenvalue weighted by Crippen LogP contribution is -2.38. The first kappa shape index (κ1) is 22.5. The average molecular weight is 475 g/mol. The van der Waals surface area contributed by atoms with Crippen molar-refractivity contribution in [3.05, 3.63) is 15.6 Å². The molecule has 10 heteroatoms. The van der Waals surface area contributed by atoms with Gasteiger partial charge in [0.05, 0.1) is 23.5 Å². The van der Waals surface area contributed by atoms with E-state index in [1.807, 2.05) is 20.8 Å². The van der Waals surface area contributed by atoms with Crippen LogP contribution < -0.4 is 15.4 Å². The summed E-state index contributed by atoms with van der Waals surface area (Å²) in [5, 5.41) is 7.41. The standard InChI is InChI=1S/C13H25N5O2S2.HI/c1-5-14-13(15-7-6-8-17-22(4,19)20)16-9-12-10(2)18-11(3)21-12;/h17H,5-9H2,1-4H3,(H2,14,15,16);1H. The third-order valence-electron chi connectivity index (χ3n) is 2.73. The molecule has 0 fully saturated rings. The maximum atomic E-state index is 11.0. The number of nitrogens with one attached hydrogen (secondary N) is 3. The Kier molecular flexibility index (Phi) is 10.9. The lowest BCUT2D eigenvalue weighted by Gasteiger charge is -2.11. The van der Waals surface area contributed by atoms with Crippen LogP contribution in [0, 0.1) is 13.8 Å². The number of aliphatic imine (C=N–C) groups is 1. The van der Waals surface area contributed by atoms with Crippen LogP contribution in [0.15, 0.2) is 4.99 Å². The molecule has 0 radical (unpaired) electrons. The zero-order valence-corrected chi connectivity index (χ0v) is 17.9. The molecule has 0 aliphatic heterocycles. The number of hydrogen-bond acceptors (Lipinski definition) is 5. The van der Waals surface area contributed by atoms with Crippen molar-refractivity contribution in [1.29, 1.82) is 0 Å². The Balaban J connectivity index is 0.00000484. The normalized spacial score (nSPS) is 11.9. The summed E-state index contributed by atoms with van der Waals surface area (Å²) >= 11 is 1.66. The lowest BCUT2D eigenvalue weighted by molar-refractivity contribution is 0.584. The van der Waals surface area contributed by atoms with E-state index in [1.54, 1.807) is 11.3 Å². The quantitative estimate of drug-likeness (QED) is 0.229. The Hall–Kier alpha value is -0.460. The van der Waals surface area contributed by atoms with Gasteiger partial charge in [0.25, 0.3) is 0 Å². The van der Waals surface area contributed by atoms with Gasteiger partial charge in [-0.05, 0) is 27.2 Å². The van der Waals surface area contributed by atoms with E-state index < -0.39 is 10.0 Å². The minimum absolute atomic E-state index is 0. The molecule has 1 aromatic rings. The lowest BCUT2D eigenvalue weighted by atomic mass is 10.4. The molecular weight excluding hydrogens is 449 g/mol. The second-order valence-electron chi connectivity index (χ2n) is 4.88.